The molecule has 0 saturated carbocycles. The summed E-state index contributed by atoms with van der Waals surface area (Å²) in [5.74, 6) is 2.37. The Bertz CT molecular complexity index is 852. The number of aromatic nitrogens is 2. The maximum absolute atomic E-state index is 5.40. The van der Waals surface area contributed by atoms with Crippen LogP contribution in [-0.4, -0.2) is 23.1 Å². The van der Waals surface area contributed by atoms with Crippen LogP contribution in [-0.2, 0) is 13.1 Å². The highest BCUT2D eigenvalue weighted by molar-refractivity contribution is 5.45. The second-order valence-electron chi connectivity index (χ2n) is 6.61. The van der Waals surface area contributed by atoms with Gasteiger partial charge in [0.2, 0.25) is 5.95 Å². The quantitative estimate of drug-likeness (QED) is 0.639. The molecule has 0 bridgehead atoms. The van der Waals surface area contributed by atoms with Crippen molar-refractivity contribution < 1.29 is 4.74 Å². The molecule has 0 aliphatic heterocycles. The van der Waals surface area contributed by atoms with E-state index in [2.05, 4.69) is 53.3 Å². The van der Waals surface area contributed by atoms with Crippen molar-refractivity contribution in [1.82, 2.24) is 9.97 Å². The van der Waals surface area contributed by atoms with E-state index in [1.165, 1.54) is 5.56 Å². The predicted molar refractivity (Wildman–Crippen MR) is 110 cm³/mol. The van der Waals surface area contributed by atoms with Crippen molar-refractivity contribution in [2.24, 2.45) is 0 Å². The highest BCUT2D eigenvalue weighted by Crippen LogP contribution is 2.21. The van der Waals surface area contributed by atoms with Crippen LogP contribution in [0.4, 0.5) is 11.8 Å². The SMILES string of the molecule is COc1ccccc1CNc1nccc(N(Cc2ccccc2)C(C)C)n1. The van der Waals surface area contributed by atoms with Crippen LogP contribution in [0.15, 0.2) is 66.9 Å². The number of para-hydroxylation sites is 1. The van der Waals surface area contributed by atoms with Crippen molar-refractivity contribution in [3.8, 4) is 5.75 Å². The van der Waals surface area contributed by atoms with E-state index in [9.17, 15) is 0 Å². The lowest BCUT2D eigenvalue weighted by molar-refractivity contribution is 0.410. The molecule has 1 aromatic heterocycles. The van der Waals surface area contributed by atoms with Crippen LogP contribution in [0, 0.1) is 0 Å². The summed E-state index contributed by atoms with van der Waals surface area (Å²) >= 11 is 0. The first-order chi connectivity index (χ1) is 13.2. The van der Waals surface area contributed by atoms with Gasteiger partial charge >= 0.3 is 0 Å². The molecule has 5 nitrogen and oxygen atoms in total. The molecule has 0 aliphatic rings. The van der Waals surface area contributed by atoms with E-state index in [0.717, 1.165) is 23.7 Å². The van der Waals surface area contributed by atoms with Crippen LogP contribution in [0.3, 0.4) is 0 Å². The molecule has 3 rings (SSSR count). The number of nitrogens with one attached hydrogen (secondary N) is 1. The molecule has 0 amide bonds. The number of benzene rings is 2. The second-order valence-corrected chi connectivity index (χ2v) is 6.61. The average molecular weight is 362 g/mol. The molecule has 0 atom stereocenters. The second kappa shape index (κ2) is 9.03. The summed E-state index contributed by atoms with van der Waals surface area (Å²) in [4.78, 5) is 11.4. The van der Waals surface area contributed by atoms with E-state index in [1.54, 1.807) is 13.3 Å². The van der Waals surface area contributed by atoms with E-state index in [0.29, 0.717) is 18.5 Å². The molecular formula is C22H26N4O. The number of hydrogen-bond donors (Lipinski definition) is 1. The number of rotatable bonds is 8. The lowest BCUT2D eigenvalue weighted by atomic mass is 10.2. The number of ether oxygens (including phenoxy) is 1. The fourth-order valence-electron chi connectivity index (χ4n) is 2.93. The highest BCUT2D eigenvalue weighted by Gasteiger charge is 2.13. The Morgan fingerprint density at radius 3 is 2.48 bits per heavy atom. The molecule has 2 aromatic carbocycles. The summed E-state index contributed by atoms with van der Waals surface area (Å²) in [7, 11) is 1.68. The molecule has 1 heterocycles. The smallest absolute Gasteiger partial charge is 0.224 e. The van der Waals surface area contributed by atoms with Crippen molar-refractivity contribution in [2.45, 2.75) is 33.0 Å². The molecule has 140 valence electrons. The Morgan fingerprint density at radius 2 is 1.74 bits per heavy atom. The van der Waals surface area contributed by atoms with Crippen LogP contribution < -0.4 is 15.0 Å². The van der Waals surface area contributed by atoms with Crippen LogP contribution in [0.1, 0.15) is 25.0 Å². The van der Waals surface area contributed by atoms with Crippen LogP contribution in [0.25, 0.3) is 0 Å². The Morgan fingerprint density at radius 1 is 1.00 bits per heavy atom. The van der Waals surface area contributed by atoms with Crippen molar-refractivity contribution in [3.05, 3.63) is 78.0 Å². The summed E-state index contributed by atoms with van der Waals surface area (Å²) in [5, 5.41) is 3.30. The number of methoxy groups -OCH3 is 1. The Hall–Kier alpha value is -3.08. The average Bonchev–Trinajstić information content (AvgIpc) is 2.71. The molecule has 0 fully saturated rings. The zero-order valence-corrected chi connectivity index (χ0v) is 16.1. The molecule has 0 spiro atoms. The van der Waals surface area contributed by atoms with Gasteiger partial charge in [-0.3, -0.25) is 0 Å². The molecule has 27 heavy (non-hydrogen) atoms. The molecule has 0 unspecified atom stereocenters. The van der Waals surface area contributed by atoms with Crippen LogP contribution in [0.2, 0.25) is 0 Å². The van der Waals surface area contributed by atoms with Crippen LogP contribution in [0.5, 0.6) is 5.75 Å². The first-order valence-corrected chi connectivity index (χ1v) is 9.16. The van der Waals surface area contributed by atoms with Gasteiger partial charge in [-0.05, 0) is 31.5 Å². The first kappa shape index (κ1) is 18.7. The van der Waals surface area contributed by atoms with Gasteiger partial charge in [0.15, 0.2) is 0 Å². The van der Waals surface area contributed by atoms with Crippen molar-refractivity contribution in [3.63, 3.8) is 0 Å². The summed E-state index contributed by atoms with van der Waals surface area (Å²) in [6.45, 7) is 5.76. The molecule has 3 aromatic rings. The van der Waals surface area contributed by atoms with Gasteiger partial charge in [-0.25, -0.2) is 4.98 Å². The number of anilines is 2. The Kier molecular flexibility index (Phi) is 6.26. The van der Waals surface area contributed by atoms with Gasteiger partial charge in [-0.1, -0.05) is 48.5 Å². The molecule has 0 saturated heterocycles. The lowest BCUT2D eigenvalue weighted by Gasteiger charge is -2.28. The molecule has 0 radical (unpaired) electrons. The van der Waals surface area contributed by atoms with E-state index >= 15 is 0 Å². The highest BCUT2D eigenvalue weighted by atomic mass is 16.5. The van der Waals surface area contributed by atoms with Crippen molar-refractivity contribution >= 4 is 11.8 Å². The van der Waals surface area contributed by atoms with E-state index in [1.807, 2.05) is 36.4 Å². The number of hydrogen-bond acceptors (Lipinski definition) is 5. The normalized spacial score (nSPS) is 10.7. The van der Waals surface area contributed by atoms with Gasteiger partial charge < -0.3 is 15.0 Å². The van der Waals surface area contributed by atoms with Crippen molar-refractivity contribution in [2.75, 3.05) is 17.3 Å². The van der Waals surface area contributed by atoms with Gasteiger partial charge in [0.25, 0.3) is 0 Å². The van der Waals surface area contributed by atoms with Gasteiger partial charge in [0, 0.05) is 30.9 Å². The van der Waals surface area contributed by atoms with Gasteiger partial charge in [-0.15, -0.1) is 0 Å². The molecular weight excluding hydrogens is 336 g/mol. The Labute approximate surface area is 161 Å². The standard InChI is InChI=1S/C22H26N4O/c1-17(2)26(16-18-9-5-4-6-10-18)21-13-14-23-22(25-21)24-15-19-11-7-8-12-20(19)27-3/h4-14,17H,15-16H2,1-3H3,(H,23,24,25). The van der Waals surface area contributed by atoms with E-state index in [4.69, 9.17) is 9.72 Å². The molecule has 1 N–H and O–H groups in total. The summed E-state index contributed by atoms with van der Waals surface area (Å²) in [6, 6.07) is 20.7. The maximum atomic E-state index is 5.40. The third-order valence-corrected chi connectivity index (χ3v) is 4.38. The topological polar surface area (TPSA) is 50.3 Å². The van der Waals surface area contributed by atoms with E-state index in [-0.39, 0.29) is 0 Å². The fourth-order valence-corrected chi connectivity index (χ4v) is 2.93. The van der Waals surface area contributed by atoms with E-state index < -0.39 is 0 Å². The fraction of sp³-hybridized carbons (Fsp3) is 0.273. The summed E-state index contributed by atoms with van der Waals surface area (Å²) < 4.78 is 5.40. The first-order valence-electron chi connectivity index (χ1n) is 9.16. The van der Waals surface area contributed by atoms with Gasteiger partial charge in [0.1, 0.15) is 11.6 Å². The minimum atomic E-state index is 0.321. The zero-order chi connectivity index (χ0) is 19.1. The summed E-state index contributed by atoms with van der Waals surface area (Å²) in [5.41, 5.74) is 2.33. The summed E-state index contributed by atoms with van der Waals surface area (Å²) in [6.07, 6.45) is 1.80. The molecule has 5 heteroatoms. The third kappa shape index (κ3) is 4.97. The monoisotopic (exact) mass is 362 g/mol. The van der Waals surface area contributed by atoms with Gasteiger partial charge in [0.05, 0.1) is 7.11 Å². The lowest BCUT2D eigenvalue weighted by Crippen LogP contribution is -2.31. The largest absolute Gasteiger partial charge is 0.496 e. The third-order valence-electron chi connectivity index (χ3n) is 4.38. The zero-order valence-electron chi connectivity index (χ0n) is 16.1. The number of nitrogens with zero attached hydrogens (tertiary/aromatic N) is 3. The molecule has 0 aliphatic carbocycles. The predicted octanol–water partition coefficient (Wildman–Crippen LogP) is 4.51. The minimum absolute atomic E-state index is 0.321. The van der Waals surface area contributed by atoms with Gasteiger partial charge in [-0.2, -0.15) is 4.98 Å². The van der Waals surface area contributed by atoms with Crippen molar-refractivity contribution in [1.29, 1.82) is 0 Å². The minimum Gasteiger partial charge on any atom is -0.496 e. The Balaban J connectivity index is 1.75. The van der Waals surface area contributed by atoms with Crippen LogP contribution >= 0.6 is 0 Å². The maximum Gasteiger partial charge on any atom is 0.224 e.